The summed E-state index contributed by atoms with van der Waals surface area (Å²) in [5.74, 6) is -0.0818. The molecule has 0 saturated carbocycles. The van der Waals surface area contributed by atoms with Crippen molar-refractivity contribution in [2.75, 3.05) is 5.32 Å². The predicted molar refractivity (Wildman–Crippen MR) is 73.2 cm³/mol. The maximum atomic E-state index is 12.0. The Bertz CT molecular complexity index is 539. The van der Waals surface area contributed by atoms with E-state index in [9.17, 15) is 4.79 Å². The Kier molecular flexibility index (Phi) is 3.11. The third-order valence-electron chi connectivity index (χ3n) is 3.16. The van der Waals surface area contributed by atoms with Crippen LogP contribution in [-0.4, -0.2) is 10.9 Å². The average molecular weight is 258 g/mol. The van der Waals surface area contributed by atoms with Crippen LogP contribution in [0.5, 0.6) is 0 Å². The second kappa shape index (κ2) is 4.90. The first kappa shape index (κ1) is 11.4. The molecule has 4 heteroatoms. The zero-order valence-electron chi connectivity index (χ0n) is 9.98. The van der Waals surface area contributed by atoms with Gasteiger partial charge in [0.05, 0.1) is 10.6 Å². The number of aromatic nitrogens is 1. The molecule has 3 nitrogen and oxygen atoms in total. The zero-order chi connectivity index (χ0) is 12.4. The number of carbonyl (C=O) groups is 1. The van der Waals surface area contributed by atoms with Crippen molar-refractivity contribution in [2.24, 2.45) is 0 Å². The van der Waals surface area contributed by atoms with Gasteiger partial charge < -0.3 is 5.32 Å². The van der Waals surface area contributed by atoms with Crippen molar-refractivity contribution in [1.29, 1.82) is 0 Å². The topological polar surface area (TPSA) is 42.0 Å². The van der Waals surface area contributed by atoms with Gasteiger partial charge in [-0.2, -0.15) is 0 Å². The molecular weight excluding hydrogens is 244 g/mol. The first-order chi connectivity index (χ1) is 8.83. The van der Waals surface area contributed by atoms with Crippen LogP contribution in [0.15, 0.2) is 30.6 Å². The molecule has 0 spiro atoms. The molecule has 0 saturated heterocycles. The first-order valence-electron chi connectivity index (χ1n) is 6.16. The molecule has 2 aromatic heterocycles. The molecule has 1 aliphatic rings. The number of anilines is 1. The molecule has 18 heavy (non-hydrogen) atoms. The Labute approximate surface area is 110 Å². The van der Waals surface area contributed by atoms with Crippen LogP contribution < -0.4 is 5.32 Å². The Morgan fingerprint density at radius 1 is 1.33 bits per heavy atom. The van der Waals surface area contributed by atoms with Gasteiger partial charge in [0.2, 0.25) is 0 Å². The van der Waals surface area contributed by atoms with Crippen LogP contribution in [0.25, 0.3) is 0 Å². The number of fused-ring (bicyclic) bond motifs is 1. The van der Waals surface area contributed by atoms with Crippen LogP contribution in [0, 0.1) is 0 Å². The van der Waals surface area contributed by atoms with Gasteiger partial charge in [0.15, 0.2) is 0 Å². The van der Waals surface area contributed by atoms with Gasteiger partial charge in [-0.05, 0) is 49.4 Å². The molecule has 1 amide bonds. The maximum Gasteiger partial charge on any atom is 0.257 e. The zero-order valence-corrected chi connectivity index (χ0v) is 10.8. The summed E-state index contributed by atoms with van der Waals surface area (Å²) in [5.41, 5.74) is 2.01. The minimum absolute atomic E-state index is 0.0818. The molecule has 0 aliphatic heterocycles. The number of hydrogen-bond donors (Lipinski definition) is 1. The van der Waals surface area contributed by atoms with Gasteiger partial charge in [-0.15, -0.1) is 11.3 Å². The summed E-state index contributed by atoms with van der Waals surface area (Å²) < 4.78 is 0. The average Bonchev–Trinajstić information content (AvgIpc) is 2.82. The van der Waals surface area contributed by atoms with Crippen LogP contribution in [0.2, 0.25) is 0 Å². The minimum atomic E-state index is -0.0818. The number of nitrogens with zero attached hydrogens (tertiary/aromatic N) is 1. The third-order valence-corrected chi connectivity index (χ3v) is 4.31. The number of thiophene rings is 1. The lowest BCUT2D eigenvalue weighted by molar-refractivity contribution is 0.102. The van der Waals surface area contributed by atoms with Gasteiger partial charge in [-0.1, -0.05) is 0 Å². The van der Waals surface area contributed by atoms with Crippen LogP contribution in [-0.2, 0) is 12.8 Å². The van der Waals surface area contributed by atoms with E-state index in [4.69, 9.17) is 0 Å². The summed E-state index contributed by atoms with van der Waals surface area (Å²) >= 11 is 1.71. The van der Waals surface area contributed by atoms with Crippen molar-refractivity contribution in [3.05, 3.63) is 46.6 Å². The van der Waals surface area contributed by atoms with Gasteiger partial charge in [-0.3, -0.25) is 9.78 Å². The molecule has 1 aliphatic carbocycles. The quantitative estimate of drug-likeness (QED) is 0.898. The minimum Gasteiger partial charge on any atom is -0.314 e. The van der Waals surface area contributed by atoms with Gasteiger partial charge in [0, 0.05) is 17.3 Å². The van der Waals surface area contributed by atoms with Gasteiger partial charge in [0.1, 0.15) is 0 Å². The lowest BCUT2D eigenvalue weighted by atomic mass is 10.00. The van der Waals surface area contributed by atoms with E-state index in [0.29, 0.717) is 5.56 Å². The van der Waals surface area contributed by atoms with Crippen molar-refractivity contribution in [2.45, 2.75) is 25.7 Å². The molecule has 2 heterocycles. The van der Waals surface area contributed by atoms with E-state index in [1.165, 1.54) is 23.3 Å². The second-order valence-electron chi connectivity index (χ2n) is 4.46. The lowest BCUT2D eigenvalue weighted by Gasteiger charge is -2.08. The summed E-state index contributed by atoms with van der Waals surface area (Å²) in [4.78, 5) is 17.4. The second-order valence-corrected chi connectivity index (χ2v) is 5.60. The largest absolute Gasteiger partial charge is 0.314 e. The SMILES string of the molecule is O=C(Nc1cc2c(s1)CCCC2)c1cccnc1. The smallest absolute Gasteiger partial charge is 0.257 e. The Morgan fingerprint density at radius 2 is 2.22 bits per heavy atom. The van der Waals surface area contributed by atoms with E-state index in [0.717, 1.165) is 17.8 Å². The van der Waals surface area contributed by atoms with E-state index in [1.54, 1.807) is 35.9 Å². The molecule has 0 fully saturated rings. The van der Waals surface area contributed by atoms with Crippen molar-refractivity contribution in [3.8, 4) is 0 Å². The fourth-order valence-corrected chi connectivity index (χ4v) is 3.38. The van der Waals surface area contributed by atoms with Crippen LogP contribution >= 0.6 is 11.3 Å². The summed E-state index contributed by atoms with van der Waals surface area (Å²) in [7, 11) is 0. The number of amides is 1. The van der Waals surface area contributed by atoms with Crippen LogP contribution in [0.1, 0.15) is 33.6 Å². The number of pyridine rings is 1. The number of aryl methyl sites for hydroxylation is 2. The number of carbonyl (C=O) groups excluding carboxylic acids is 1. The van der Waals surface area contributed by atoms with Crippen molar-refractivity contribution in [1.82, 2.24) is 4.98 Å². The van der Waals surface area contributed by atoms with Gasteiger partial charge in [0.25, 0.3) is 5.91 Å². The molecule has 0 radical (unpaired) electrons. The first-order valence-corrected chi connectivity index (χ1v) is 6.97. The Balaban J connectivity index is 1.77. The van der Waals surface area contributed by atoms with Crippen LogP contribution in [0.4, 0.5) is 5.00 Å². The summed E-state index contributed by atoms with van der Waals surface area (Å²) in [6, 6.07) is 5.66. The highest BCUT2D eigenvalue weighted by Gasteiger charge is 2.15. The van der Waals surface area contributed by atoms with E-state index >= 15 is 0 Å². The molecule has 0 unspecified atom stereocenters. The highest BCUT2D eigenvalue weighted by atomic mass is 32.1. The van der Waals surface area contributed by atoms with E-state index in [1.807, 2.05) is 0 Å². The Hall–Kier alpha value is -1.68. The standard InChI is InChI=1S/C14H14N2OS/c17-14(11-5-3-7-15-9-11)16-13-8-10-4-1-2-6-12(10)18-13/h3,5,7-9H,1-2,4,6H2,(H,16,17). The molecule has 1 N–H and O–H groups in total. The highest BCUT2D eigenvalue weighted by Crippen LogP contribution is 2.32. The fraction of sp³-hybridized carbons (Fsp3) is 0.286. The van der Waals surface area contributed by atoms with E-state index in [2.05, 4.69) is 16.4 Å². The van der Waals surface area contributed by atoms with Gasteiger partial charge >= 0.3 is 0 Å². The normalized spacial score (nSPS) is 14.0. The van der Waals surface area contributed by atoms with E-state index in [-0.39, 0.29) is 5.91 Å². The summed E-state index contributed by atoms with van der Waals surface area (Å²) in [6.45, 7) is 0. The summed E-state index contributed by atoms with van der Waals surface area (Å²) in [5, 5.41) is 3.91. The monoisotopic (exact) mass is 258 g/mol. The Morgan fingerprint density at radius 3 is 3.00 bits per heavy atom. The highest BCUT2D eigenvalue weighted by molar-refractivity contribution is 7.16. The van der Waals surface area contributed by atoms with Gasteiger partial charge in [-0.25, -0.2) is 0 Å². The molecule has 0 bridgehead atoms. The third kappa shape index (κ3) is 2.29. The molecule has 3 rings (SSSR count). The fourth-order valence-electron chi connectivity index (χ4n) is 2.23. The van der Waals surface area contributed by atoms with Crippen LogP contribution in [0.3, 0.4) is 0 Å². The number of rotatable bonds is 2. The van der Waals surface area contributed by atoms with Crippen molar-refractivity contribution >= 4 is 22.2 Å². The molecule has 92 valence electrons. The molecular formula is C14H14N2OS. The van der Waals surface area contributed by atoms with E-state index < -0.39 is 0 Å². The molecule has 0 atom stereocenters. The maximum absolute atomic E-state index is 12.0. The predicted octanol–water partition coefficient (Wildman–Crippen LogP) is 3.27. The molecule has 0 aromatic carbocycles. The number of hydrogen-bond acceptors (Lipinski definition) is 3. The summed E-state index contributed by atoms with van der Waals surface area (Å²) in [6.07, 6.45) is 8.09. The van der Waals surface area contributed by atoms with Crippen molar-refractivity contribution < 1.29 is 4.79 Å². The molecule has 2 aromatic rings. The lowest BCUT2D eigenvalue weighted by Crippen LogP contribution is -2.10. The van der Waals surface area contributed by atoms with Crippen molar-refractivity contribution in [3.63, 3.8) is 0 Å². The number of nitrogens with one attached hydrogen (secondary N) is 1.